The summed E-state index contributed by atoms with van der Waals surface area (Å²) in [5.41, 5.74) is 0.781. The van der Waals surface area contributed by atoms with E-state index in [0.29, 0.717) is 12.5 Å². The molecule has 2 aliphatic rings. The third kappa shape index (κ3) is 6.26. The molecule has 6 heteroatoms. The number of hydrogen-bond donors (Lipinski definition) is 1. The van der Waals surface area contributed by atoms with Crippen molar-refractivity contribution in [2.45, 2.75) is 38.2 Å². The van der Waals surface area contributed by atoms with Gasteiger partial charge < -0.3 is 14.9 Å². The van der Waals surface area contributed by atoms with Gasteiger partial charge in [0.05, 0.1) is 12.6 Å². The lowest BCUT2D eigenvalue weighted by molar-refractivity contribution is -0.132. The van der Waals surface area contributed by atoms with Gasteiger partial charge in [-0.25, -0.2) is 4.39 Å². The van der Waals surface area contributed by atoms with Crippen molar-refractivity contribution in [3.8, 4) is 0 Å². The van der Waals surface area contributed by atoms with E-state index >= 15 is 0 Å². The van der Waals surface area contributed by atoms with Gasteiger partial charge in [-0.1, -0.05) is 18.2 Å². The van der Waals surface area contributed by atoms with Gasteiger partial charge in [0, 0.05) is 39.8 Å². The van der Waals surface area contributed by atoms with E-state index < -0.39 is 0 Å². The lowest BCUT2D eigenvalue weighted by Gasteiger charge is -2.35. The predicted octanol–water partition coefficient (Wildman–Crippen LogP) is 2.00. The molecule has 0 bridgehead atoms. The number of benzene rings is 1. The van der Waals surface area contributed by atoms with Crippen molar-refractivity contribution in [2.75, 3.05) is 52.9 Å². The van der Waals surface area contributed by atoms with Crippen LogP contribution in [0.5, 0.6) is 0 Å². The third-order valence-electron chi connectivity index (χ3n) is 6.13. The fourth-order valence-electron chi connectivity index (χ4n) is 4.36. The normalized spacial score (nSPS) is 22.3. The molecule has 1 amide bonds. The molecular weight excluding hydrogens is 357 g/mol. The summed E-state index contributed by atoms with van der Waals surface area (Å²) in [4.78, 5) is 19.0. The molecule has 0 aromatic heterocycles. The Morgan fingerprint density at radius 3 is 2.68 bits per heavy atom. The molecule has 3 rings (SSSR count). The van der Waals surface area contributed by atoms with Gasteiger partial charge in [-0.3, -0.25) is 9.69 Å². The van der Waals surface area contributed by atoms with Crippen LogP contribution in [0.4, 0.5) is 4.39 Å². The Labute approximate surface area is 168 Å². The highest BCUT2D eigenvalue weighted by atomic mass is 19.1. The summed E-state index contributed by atoms with van der Waals surface area (Å²) in [5.74, 6) is 0.526. The van der Waals surface area contributed by atoms with Crippen LogP contribution in [0.2, 0.25) is 0 Å². The number of carbonyl (C=O) groups excluding carboxylic acids is 1. The molecule has 2 aliphatic heterocycles. The van der Waals surface area contributed by atoms with E-state index in [1.54, 1.807) is 6.07 Å². The SMILES string of the molecule is CN(CC1CCCN(CCc2ccccc2F)C1)C(=O)CN1CCC(O)CC1. The highest BCUT2D eigenvalue weighted by molar-refractivity contribution is 5.78. The van der Waals surface area contributed by atoms with Crippen LogP contribution < -0.4 is 0 Å². The maximum Gasteiger partial charge on any atom is 0.236 e. The Morgan fingerprint density at radius 2 is 1.93 bits per heavy atom. The molecule has 0 aliphatic carbocycles. The number of halogens is 1. The number of nitrogens with zero attached hydrogens (tertiary/aromatic N) is 3. The quantitative estimate of drug-likeness (QED) is 0.772. The van der Waals surface area contributed by atoms with Crippen LogP contribution in [0.3, 0.4) is 0 Å². The van der Waals surface area contributed by atoms with E-state index in [0.717, 1.165) is 76.9 Å². The zero-order valence-corrected chi connectivity index (χ0v) is 17.0. The summed E-state index contributed by atoms with van der Waals surface area (Å²) in [5, 5.41) is 9.60. The first-order chi connectivity index (χ1) is 13.5. The molecule has 1 aromatic carbocycles. The van der Waals surface area contributed by atoms with Crippen molar-refractivity contribution in [2.24, 2.45) is 5.92 Å². The Bertz CT molecular complexity index is 634. The average molecular weight is 392 g/mol. The molecule has 2 heterocycles. The van der Waals surface area contributed by atoms with E-state index in [9.17, 15) is 14.3 Å². The molecule has 1 atom stereocenters. The van der Waals surface area contributed by atoms with E-state index in [2.05, 4.69) is 9.80 Å². The maximum atomic E-state index is 13.8. The molecule has 0 radical (unpaired) electrons. The molecule has 2 saturated heterocycles. The van der Waals surface area contributed by atoms with Crippen LogP contribution in [-0.2, 0) is 11.2 Å². The maximum absolute atomic E-state index is 13.8. The van der Waals surface area contributed by atoms with Gasteiger partial charge in [0.2, 0.25) is 5.91 Å². The zero-order chi connectivity index (χ0) is 19.9. The molecule has 1 N–H and O–H groups in total. The second kappa shape index (κ2) is 10.3. The molecule has 1 aromatic rings. The van der Waals surface area contributed by atoms with Crippen LogP contribution in [0.25, 0.3) is 0 Å². The van der Waals surface area contributed by atoms with Crippen molar-refractivity contribution in [3.05, 3.63) is 35.6 Å². The predicted molar refractivity (Wildman–Crippen MR) is 109 cm³/mol. The van der Waals surface area contributed by atoms with Crippen molar-refractivity contribution in [1.82, 2.24) is 14.7 Å². The number of aliphatic hydroxyl groups is 1. The minimum absolute atomic E-state index is 0.119. The second-order valence-electron chi connectivity index (χ2n) is 8.43. The first-order valence-electron chi connectivity index (χ1n) is 10.6. The monoisotopic (exact) mass is 391 g/mol. The lowest BCUT2D eigenvalue weighted by atomic mass is 9.97. The summed E-state index contributed by atoms with van der Waals surface area (Å²) in [6.45, 7) is 5.73. The van der Waals surface area contributed by atoms with Gasteiger partial charge in [-0.2, -0.15) is 0 Å². The molecule has 5 nitrogen and oxygen atoms in total. The Balaban J connectivity index is 1.41. The molecular formula is C22H34FN3O2. The Hall–Kier alpha value is -1.50. The molecule has 1 unspecified atom stereocenters. The fourth-order valence-corrected chi connectivity index (χ4v) is 4.36. The summed E-state index contributed by atoms with van der Waals surface area (Å²) in [6, 6.07) is 7.01. The Kier molecular flexibility index (Phi) is 7.82. The number of aliphatic hydroxyl groups excluding tert-OH is 1. The summed E-state index contributed by atoms with van der Waals surface area (Å²) in [7, 11) is 1.90. The average Bonchev–Trinajstić information content (AvgIpc) is 2.69. The largest absolute Gasteiger partial charge is 0.393 e. The first kappa shape index (κ1) is 21.2. The van der Waals surface area contributed by atoms with Crippen LogP contribution in [-0.4, -0.2) is 84.7 Å². The van der Waals surface area contributed by atoms with Crippen molar-refractivity contribution in [1.29, 1.82) is 0 Å². The summed E-state index contributed by atoms with van der Waals surface area (Å²) in [6.07, 6.45) is 4.32. The van der Waals surface area contributed by atoms with Crippen molar-refractivity contribution in [3.63, 3.8) is 0 Å². The highest BCUT2D eigenvalue weighted by Gasteiger charge is 2.25. The molecule has 156 valence electrons. The van der Waals surface area contributed by atoms with Gasteiger partial charge in [0.1, 0.15) is 5.82 Å². The van der Waals surface area contributed by atoms with Crippen LogP contribution in [0.1, 0.15) is 31.2 Å². The first-order valence-corrected chi connectivity index (χ1v) is 10.6. The van der Waals surface area contributed by atoms with Crippen molar-refractivity contribution < 1.29 is 14.3 Å². The van der Waals surface area contributed by atoms with Gasteiger partial charge in [0.15, 0.2) is 0 Å². The smallest absolute Gasteiger partial charge is 0.236 e. The van der Waals surface area contributed by atoms with Gasteiger partial charge in [-0.15, -0.1) is 0 Å². The van der Waals surface area contributed by atoms with Gasteiger partial charge in [-0.05, 0) is 56.2 Å². The number of likely N-dealkylation sites (tertiary alicyclic amines) is 2. The van der Waals surface area contributed by atoms with Gasteiger partial charge >= 0.3 is 0 Å². The van der Waals surface area contributed by atoms with E-state index in [-0.39, 0.29) is 17.8 Å². The van der Waals surface area contributed by atoms with Crippen LogP contribution >= 0.6 is 0 Å². The number of carbonyl (C=O) groups is 1. The number of rotatable bonds is 7. The fraction of sp³-hybridized carbons (Fsp3) is 0.682. The van der Waals surface area contributed by atoms with Crippen molar-refractivity contribution >= 4 is 5.91 Å². The zero-order valence-electron chi connectivity index (χ0n) is 17.0. The van der Waals surface area contributed by atoms with Crippen LogP contribution in [0, 0.1) is 11.7 Å². The minimum Gasteiger partial charge on any atom is -0.393 e. The lowest BCUT2D eigenvalue weighted by Crippen LogP contribution is -2.46. The molecule has 28 heavy (non-hydrogen) atoms. The second-order valence-corrected chi connectivity index (χ2v) is 8.43. The summed E-state index contributed by atoms with van der Waals surface area (Å²) >= 11 is 0. The van der Waals surface area contributed by atoms with Crippen LogP contribution in [0.15, 0.2) is 24.3 Å². The standard InChI is InChI=1S/C22H34FN3O2/c1-24(22(28)17-26-13-9-20(27)10-14-26)15-18-5-4-11-25(16-18)12-8-19-6-2-3-7-21(19)23/h2-3,6-7,18,20,27H,4-5,8-17H2,1H3. The van der Waals surface area contributed by atoms with E-state index in [4.69, 9.17) is 0 Å². The Morgan fingerprint density at radius 1 is 1.18 bits per heavy atom. The number of hydrogen-bond acceptors (Lipinski definition) is 4. The summed E-state index contributed by atoms with van der Waals surface area (Å²) < 4.78 is 13.8. The molecule has 2 fully saturated rings. The molecule has 0 spiro atoms. The minimum atomic E-state index is -0.207. The molecule has 0 saturated carbocycles. The topological polar surface area (TPSA) is 47.0 Å². The van der Waals surface area contributed by atoms with Gasteiger partial charge in [0.25, 0.3) is 0 Å². The highest BCUT2D eigenvalue weighted by Crippen LogP contribution is 2.19. The number of amides is 1. The number of piperidine rings is 2. The third-order valence-corrected chi connectivity index (χ3v) is 6.13. The van der Waals surface area contributed by atoms with E-state index in [1.807, 2.05) is 24.1 Å². The number of likely N-dealkylation sites (N-methyl/N-ethyl adjacent to an activating group) is 1. The van der Waals surface area contributed by atoms with E-state index in [1.165, 1.54) is 6.07 Å².